The van der Waals surface area contributed by atoms with Gasteiger partial charge in [0, 0.05) is 5.54 Å². The largest absolute Gasteiger partial charge is 0.375 e. The van der Waals surface area contributed by atoms with E-state index in [-0.39, 0.29) is 5.54 Å². The fourth-order valence-electron chi connectivity index (χ4n) is 1.58. The second-order valence-electron chi connectivity index (χ2n) is 4.51. The first-order valence-electron chi connectivity index (χ1n) is 6.21. The Kier molecular flexibility index (Phi) is 5.39. The molecule has 0 fully saturated rings. The van der Waals surface area contributed by atoms with E-state index in [9.17, 15) is 0 Å². The number of rotatable bonds is 7. The molecule has 0 radical (unpaired) electrons. The van der Waals surface area contributed by atoms with E-state index in [0.29, 0.717) is 13.2 Å². The molecule has 94 valence electrons. The predicted molar refractivity (Wildman–Crippen MR) is 73.7 cm³/mol. The highest BCUT2D eigenvalue weighted by Crippen LogP contribution is 2.13. The summed E-state index contributed by atoms with van der Waals surface area (Å²) < 4.78 is 5.69. The summed E-state index contributed by atoms with van der Waals surface area (Å²) in [5.41, 5.74) is 8.29. The van der Waals surface area contributed by atoms with Gasteiger partial charge in [-0.1, -0.05) is 50.8 Å². The molecule has 0 bridgehead atoms. The topological polar surface area (TPSA) is 35.2 Å². The molecule has 0 saturated heterocycles. The van der Waals surface area contributed by atoms with Gasteiger partial charge in [-0.2, -0.15) is 0 Å². The van der Waals surface area contributed by atoms with Gasteiger partial charge in [-0.25, -0.2) is 0 Å². The molecule has 1 aromatic rings. The maximum atomic E-state index is 6.17. The van der Waals surface area contributed by atoms with Gasteiger partial charge in [0.05, 0.1) is 13.2 Å². The SMILES string of the molecule is C=Cc1ccc(COCC(N)(CC)CC)cc1. The van der Waals surface area contributed by atoms with Crippen molar-refractivity contribution in [2.75, 3.05) is 6.61 Å². The van der Waals surface area contributed by atoms with Crippen LogP contribution in [-0.4, -0.2) is 12.1 Å². The smallest absolute Gasteiger partial charge is 0.0717 e. The van der Waals surface area contributed by atoms with Gasteiger partial charge in [-0.15, -0.1) is 0 Å². The number of benzene rings is 1. The minimum absolute atomic E-state index is 0.180. The Morgan fingerprint density at radius 3 is 2.29 bits per heavy atom. The van der Waals surface area contributed by atoms with Crippen molar-refractivity contribution in [1.29, 1.82) is 0 Å². The van der Waals surface area contributed by atoms with Gasteiger partial charge in [-0.05, 0) is 24.0 Å². The van der Waals surface area contributed by atoms with Gasteiger partial charge in [0.15, 0.2) is 0 Å². The molecule has 0 spiro atoms. The molecule has 0 aliphatic rings. The van der Waals surface area contributed by atoms with Gasteiger partial charge < -0.3 is 10.5 Å². The average molecular weight is 233 g/mol. The van der Waals surface area contributed by atoms with Crippen LogP contribution < -0.4 is 5.73 Å². The van der Waals surface area contributed by atoms with Crippen LogP contribution in [-0.2, 0) is 11.3 Å². The first-order valence-corrected chi connectivity index (χ1v) is 6.21. The van der Waals surface area contributed by atoms with Crippen molar-refractivity contribution >= 4 is 6.08 Å². The zero-order valence-electron chi connectivity index (χ0n) is 10.9. The number of hydrogen-bond acceptors (Lipinski definition) is 2. The molecule has 0 aliphatic carbocycles. The number of nitrogens with two attached hydrogens (primary N) is 1. The minimum Gasteiger partial charge on any atom is -0.375 e. The molecule has 0 aliphatic heterocycles. The summed E-state index contributed by atoms with van der Waals surface area (Å²) in [6, 6.07) is 8.21. The summed E-state index contributed by atoms with van der Waals surface area (Å²) in [6.45, 7) is 9.17. The van der Waals surface area contributed by atoms with E-state index in [2.05, 4.69) is 32.6 Å². The predicted octanol–water partition coefficient (Wildman–Crippen LogP) is 3.36. The van der Waals surface area contributed by atoms with Crippen molar-refractivity contribution in [2.24, 2.45) is 5.73 Å². The fourth-order valence-corrected chi connectivity index (χ4v) is 1.58. The summed E-state index contributed by atoms with van der Waals surface area (Å²) in [5, 5.41) is 0. The lowest BCUT2D eigenvalue weighted by atomic mass is 9.96. The van der Waals surface area contributed by atoms with Gasteiger partial charge in [-0.3, -0.25) is 0 Å². The van der Waals surface area contributed by atoms with Crippen LogP contribution >= 0.6 is 0 Å². The molecule has 2 heteroatoms. The Bertz CT molecular complexity index is 338. The second-order valence-corrected chi connectivity index (χ2v) is 4.51. The second kappa shape index (κ2) is 6.58. The highest BCUT2D eigenvalue weighted by Gasteiger charge is 2.19. The molecule has 0 atom stereocenters. The zero-order valence-corrected chi connectivity index (χ0v) is 10.9. The van der Waals surface area contributed by atoms with Crippen LogP contribution in [0.5, 0.6) is 0 Å². The Labute approximate surface area is 104 Å². The highest BCUT2D eigenvalue weighted by atomic mass is 16.5. The summed E-state index contributed by atoms with van der Waals surface area (Å²) in [5.74, 6) is 0. The minimum atomic E-state index is -0.180. The molecular weight excluding hydrogens is 210 g/mol. The molecule has 1 rings (SSSR count). The zero-order chi connectivity index (χ0) is 12.7. The molecule has 0 saturated carbocycles. The van der Waals surface area contributed by atoms with E-state index in [1.54, 1.807) is 0 Å². The normalized spacial score (nSPS) is 11.5. The maximum absolute atomic E-state index is 6.17. The fraction of sp³-hybridized carbons (Fsp3) is 0.467. The quantitative estimate of drug-likeness (QED) is 0.783. The summed E-state index contributed by atoms with van der Waals surface area (Å²) >= 11 is 0. The summed E-state index contributed by atoms with van der Waals surface area (Å²) in [6.07, 6.45) is 3.72. The van der Waals surface area contributed by atoms with E-state index in [0.717, 1.165) is 18.4 Å². The molecule has 2 nitrogen and oxygen atoms in total. The van der Waals surface area contributed by atoms with Crippen LogP contribution in [0.1, 0.15) is 37.8 Å². The van der Waals surface area contributed by atoms with Crippen LogP contribution in [0.2, 0.25) is 0 Å². The standard InChI is InChI=1S/C15H23NO/c1-4-13-7-9-14(10-8-13)11-17-12-15(16,5-2)6-3/h4,7-10H,1,5-6,11-12,16H2,2-3H3. The van der Waals surface area contributed by atoms with E-state index >= 15 is 0 Å². The van der Waals surface area contributed by atoms with Crippen LogP contribution in [0.25, 0.3) is 6.08 Å². The molecule has 2 N–H and O–H groups in total. The molecule has 0 amide bonds. The Morgan fingerprint density at radius 2 is 1.82 bits per heavy atom. The lowest BCUT2D eigenvalue weighted by Gasteiger charge is -2.26. The first-order chi connectivity index (χ1) is 8.13. The molecule has 0 unspecified atom stereocenters. The van der Waals surface area contributed by atoms with Crippen LogP contribution in [0, 0.1) is 0 Å². The van der Waals surface area contributed by atoms with E-state index in [4.69, 9.17) is 10.5 Å². The molecule has 17 heavy (non-hydrogen) atoms. The Hall–Kier alpha value is -1.12. The van der Waals surface area contributed by atoms with E-state index in [1.807, 2.05) is 18.2 Å². The van der Waals surface area contributed by atoms with E-state index < -0.39 is 0 Å². The van der Waals surface area contributed by atoms with Crippen LogP contribution in [0.4, 0.5) is 0 Å². The van der Waals surface area contributed by atoms with Gasteiger partial charge in [0.25, 0.3) is 0 Å². The van der Waals surface area contributed by atoms with Crippen molar-refractivity contribution in [2.45, 2.75) is 38.8 Å². The van der Waals surface area contributed by atoms with Gasteiger partial charge in [0.1, 0.15) is 0 Å². The van der Waals surface area contributed by atoms with Crippen molar-refractivity contribution in [3.05, 3.63) is 42.0 Å². The third kappa shape index (κ3) is 4.33. The third-order valence-electron chi connectivity index (χ3n) is 3.28. The van der Waals surface area contributed by atoms with E-state index in [1.165, 1.54) is 5.56 Å². The monoisotopic (exact) mass is 233 g/mol. The van der Waals surface area contributed by atoms with Crippen molar-refractivity contribution < 1.29 is 4.74 Å². The lowest BCUT2D eigenvalue weighted by Crippen LogP contribution is -2.43. The van der Waals surface area contributed by atoms with Gasteiger partial charge in [0.2, 0.25) is 0 Å². The van der Waals surface area contributed by atoms with Crippen LogP contribution in [0.3, 0.4) is 0 Å². The average Bonchev–Trinajstić information content (AvgIpc) is 2.39. The number of ether oxygens (including phenoxy) is 1. The summed E-state index contributed by atoms with van der Waals surface area (Å²) in [4.78, 5) is 0. The van der Waals surface area contributed by atoms with Crippen molar-refractivity contribution in [3.8, 4) is 0 Å². The molecule has 0 aromatic heterocycles. The Balaban J connectivity index is 2.42. The Morgan fingerprint density at radius 1 is 1.24 bits per heavy atom. The van der Waals surface area contributed by atoms with Crippen LogP contribution in [0.15, 0.2) is 30.8 Å². The maximum Gasteiger partial charge on any atom is 0.0717 e. The molecular formula is C15H23NO. The van der Waals surface area contributed by atoms with Crippen molar-refractivity contribution in [1.82, 2.24) is 0 Å². The lowest BCUT2D eigenvalue weighted by molar-refractivity contribution is 0.0696. The molecule has 1 aromatic carbocycles. The van der Waals surface area contributed by atoms with Crippen molar-refractivity contribution in [3.63, 3.8) is 0 Å². The summed E-state index contributed by atoms with van der Waals surface area (Å²) in [7, 11) is 0. The third-order valence-corrected chi connectivity index (χ3v) is 3.28. The molecule has 0 heterocycles. The first kappa shape index (κ1) is 13.9. The number of hydrogen-bond donors (Lipinski definition) is 1. The highest BCUT2D eigenvalue weighted by molar-refractivity contribution is 5.47. The van der Waals surface area contributed by atoms with Gasteiger partial charge >= 0.3 is 0 Å².